The molecule has 0 spiro atoms. The van der Waals surface area contributed by atoms with Crippen LogP contribution in [0.3, 0.4) is 0 Å². The van der Waals surface area contributed by atoms with Crippen molar-refractivity contribution in [3.05, 3.63) is 28.2 Å². The van der Waals surface area contributed by atoms with Gasteiger partial charge in [-0.2, -0.15) is 0 Å². The number of carbonyl (C=O) groups is 3. The van der Waals surface area contributed by atoms with E-state index in [-0.39, 0.29) is 6.42 Å². The Morgan fingerprint density at radius 2 is 1.83 bits per heavy atom. The Morgan fingerprint density at radius 1 is 1.22 bits per heavy atom. The van der Waals surface area contributed by atoms with Gasteiger partial charge in [0.05, 0.1) is 18.6 Å². The summed E-state index contributed by atoms with van der Waals surface area (Å²) in [6, 6.07) is 0. The van der Waals surface area contributed by atoms with Crippen molar-refractivity contribution < 1.29 is 24.2 Å². The van der Waals surface area contributed by atoms with Crippen molar-refractivity contribution in [3.63, 3.8) is 0 Å². The zero-order valence-corrected chi connectivity index (χ0v) is 14.0. The average Bonchev–Trinajstić information content (AvgIpc) is 2.80. The molecule has 1 aliphatic rings. The van der Waals surface area contributed by atoms with E-state index in [1.807, 2.05) is 6.92 Å². The van der Waals surface area contributed by atoms with Crippen LogP contribution in [0.2, 0.25) is 0 Å². The van der Waals surface area contributed by atoms with E-state index >= 15 is 0 Å². The molecule has 0 aromatic carbocycles. The normalized spacial score (nSPS) is 20.1. The molecule has 1 N–H and O–H groups in total. The van der Waals surface area contributed by atoms with Crippen LogP contribution >= 0.6 is 11.3 Å². The number of anilines is 1. The minimum absolute atomic E-state index is 0.271. The summed E-state index contributed by atoms with van der Waals surface area (Å²) in [4.78, 5) is 36.5. The lowest BCUT2D eigenvalue weighted by atomic mass is 9.82. The molecule has 6 nitrogen and oxygen atoms in total. The quantitative estimate of drug-likeness (QED) is 0.663. The van der Waals surface area contributed by atoms with Gasteiger partial charge in [0.2, 0.25) is 5.91 Å². The molecule has 2 atom stereocenters. The molecule has 23 heavy (non-hydrogen) atoms. The van der Waals surface area contributed by atoms with Gasteiger partial charge in [-0.15, -0.1) is 11.3 Å². The lowest BCUT2D eigenvalue weighted by Crippen LogP contribution is -2.41. The molecule has 0 aliphatic heterocycles. The zero-order valence-electron chi connectivity index (χ0n) is 13.2. The van der Waals surface area contributed by atoms with E-state index in [4.69, 9.17) is 4.74 Å². The van der Waals surface area contributed by atoms with E-state index in [9.17, 15) is 19.5 Å². The first-order valence-corrected chi connectivity index (χ1v) is 8.03. The van der Waals surface area contributed by atoms with Crippen LogP contribution in [0, 0.1) is 25.7 Å². The van der Waals surface area contributed by atoms with Crippen molar-refractivity contribution in [3.8, 4) is 0 Å². The largest absolute Gasteiger partial charge is 0.550 e. The third-order valence-corrected chi connectivity index (χ3v) is 5.21. The third kappa shape index (κ3) is 3.44. The molecule has 0 unspecified atom stereocenters. The number of hydrogen-bond donors (Lipinski definition) is 1. The van der Waals surface area contributed by atoms with E-state index in [0.717, 1.165) is 10.4 Å². The van der Waals surface area contributed by atoms with Gasteiger partial charge < -0.3 is 20.0 Å². The number of carbonyl (C=O) groups excluding carboxylic acids is 3. The van der Waals surface area contributed by atoms with Gasteiger partial charge in [0.25, 0.3) is 0 Å². The monoisotopic (exact) mass is 336 g/mol. The SMILES string of the molecule is COC(=O)c1c(NC(=O)[C@H]2CC=CC[C@H]2C(=O)[O-])sc(C)c1C. The Bertz CT molecular complexity index is 676. The zero-order chi connectivity index (χ0) is 17.1. The molecule has 1 aliphatic carbocycles. The van der Waals surface area contributed by atoms with Crippen LogP contribution in [0.25, 0.3) is 0 Å². The number of allylic oxidation sites excluding steroid dienone is 2. The number of nitrogens with one attached hydrogen (secondary N) is 1. The summed E-state index contributed by atoms with van der Waals surface area (Å²) in [6.07, 6.45) is 4.13. The fourth-order valence-corrected chi connectivity index (χ4v) is 3.68. The van der Waals surface area contributed by atoms with Crippen LogP contribution in [-0.4, -0.2) is 25.0 Å². The molecule has 124 valence electrons. The number of esters is 1. The highest BCUT2D eigenvalue weighted by Crippen LogP contribution is 2.34. The minimum Gasteiger partial charge on any atom is -0.550 e. The topological polar surface area (TPSA) is 95.5 Å². The number of carboxylic acids is 1. The number of methoxy groups -OCH3 is 1. The first-order chi connectivity index (χ1) is 10.9. The van der Waals surface area contributed by atoms with E-state index in [0.29, 0.717) is 17.0 Å². The summed E-state index contributed by atoms with van der Waals surface area (Å²) in [5.41, 5.74) is 1.07. The van der Waals surface area contributed by atoms with Gasteiger partial charge in [0, 0.05) is 16.8 Å². The van der Waals surface area contributed by atoms with Gasteiger partial charge in [-0.3, -0.25) is 4.79 Å². The number of ether oxygens (including phenoxy) is 1. The second-order valence-electron chi connectivity index (χ2n) is 5.44. The highest BCUT2D eigenvalue weighted by atomic mass is 32.1. The van der Waals surface area contributed by atoms with Crippen LogP contribution in [-0.2, 0) is 14.3 Å². The van der Waals surface area contributed by atoms with Crippen molar-refractivity contribution in [2.45, 2.75) is 26.7 Å². The molecular weight excluding hydrogens is 318 g/mol. The van der Waals surface area contributed by atoms with E-state index in [1.165, 1.54) is 18.4 Å². The maximum absolute atomic E-state index is 12.5. The maximum atomic E-state index is 12.5. The molecule has 1 aromatic heterocycles. The summed E-state index contributed by atoms with van der Waals surface area (Å²) in [7, 11) is 1.28. The number of carboxylic acid groups (broad SMARTS) is 1. The molecule has 1 amide bonds. The van der Waals surface area contributed by atoms with Gasteiger partial charge in [0.1, 0.15) is 5.00 Å². The van der Waals surface area contributed by atoms with Crippen LogP contribution in [0.4, 0.5) is 5.00 Å². The second-order valence-corrected chi connectivity index (χ2v) is 6.67. The fraction of sp³-hybridized carbons (Fsp3) is 0.438. The van der Waals surface area contributed by atoms with Crippen LogP contribution in [0.1, 0.15) is 33.6 Å². The summed E-state index contributed by atoms with van der Waals surface area (Å²) >= 11 is 1.27. The number of hydrogen-bond acceptors (Lipinski definition) is 6. The molecule has 0 saturated heterocycles. The van der Waals surface area contributed by atoms with E-state index < -0.39 is 29.7 Å². The molecule has 7 heteroatoms. The Morgan fingerprint density at radius 3 is 2.39 bits per heavy atom. The predicted molar refractivity (Wildman–Crippen MR) is 84.1 cm³/mol. The predicted octanol–water partition coefficient (Wildman–Crippen LogP) is 1.42. The lowest BCUT2D eigenvalue weighted by Gasteiger charge is -2.28. The van der Waals surface area contributed by atoms with Crippen molar-refractivity contribution in [1.29, 1.82) is 0 Å². The van der Waals surface area contributed by atoms with Gasteiger partial charge in [-0.1, -0.05) is 12.2 Å². The van der Waals surface area contributed by atoms with Crippen LogP contribution in [0.15, 0.2) is 12.2 Å². The molecule has 0 fully saturated rings. The van der Waals surface area contributed by atoms with Crippen molar-refractivity contribution in [1.82, 2.24) is 0 Å². The lowest BCUT2D eigenvalue weighted by molar-refractivity contribution is -0.313. The summed E-state index contributed by atoms with van der Waals surface area (Å²) in [5, 5.41) is 14.3. The fourth-order valence-electron chi connectivity index (χ4n) is 2.63. The van der Waals surface area contributed by atoms with Gasteiger partial charge in [-0.05, 0) is 32.3 Å². The first-order valence-electron chi connectivity index (χ1n) is 7.21. The molecule has 1 aromatic rings. The highest BCUT2D eigenvalue weighted by Gasteiger charge is 2.31. The summed E-state index contributed by atoms with van der Waals surface area (Å²) in [6.45, 7) is 3.62. The van der Waals surface area contributed by atoms with Crippen molar-refractivity contribution in [2.75, 3.05) is 12.4 Å². The van der Waals surface area contributed by atoms with E-state index in [1.54, 1.807) is 19.1 Å². The second kappa shape index (κ2) is 6.95. The van der Waals surface area contributed by atoms with Gasteiger partial charge in [0.15, 0.2) is 0 Å². The molecular formula is C16H18NO5S-. The summed E-state index contributed by atoms with van der Waals surface area (Å²) in [5.74, 6) is -3.75. The Kier molecular flexibility index (Phi) is 5.20. The number of aryl methyl sites for hydroxylation is 1. The number of amides is 1. The number of thiophene rings is 1. The van der Waals surface area contributed by atoms with Gasteiger partial charge >= 0.3 is 5.97 Å². The minimum atomic E-state index is -1.23. The molecule has 0 radical (unpaired) electrons. The average molecular weight is 336 g/mol. The van der Waals surface area contributed by atoms with Gasteiger partial charge in [-0.25, -0.2) is 4.79 Å². The Balaban J connectivity index is 2.27. The smallest absolute Gasteiger partial charge is 0.341 e. The molecule has 0 saturated carbocycles. The standard InChI is InChI=1S/C16H19NO5S/c1-8-9(2)23-14(12(8)16(21)22-3)17-13(18)10-6-4-5-7-11(10)15(19)20/h4-5,10-11H,6-7H2,1-3H3,(H,17,18)(H,19,20)/p-1/t10-,11+/m0/s1. The van der Waals surface area contributed by atoms with Crippen LogP contribution in [0.5, 0.6) is 0 Å². The first kappa shape index (κ1) is 17.2. The van der Waals surface area contributed by atoms with Crippen molar-refractivity contribution >= 4 is 34.2 Å². The van der Waals surface area contributed by atoms with E-state index in [2.05, 4.69) is 5.32 Å². The van der Waals surface area contributed by atoms with Crippen molar-refractivity contribution in [2.24, 2.45) is 11.8 Å². The molecule has 1 heterocycles. The number of rotatable bonds is 4. The third-order valence-electron chi connectivity index (χ3n) is 4.08. The van der Waals surface area contributed by atoms with Crippen LogP contribution < -0.4 is 10.4 Å². The Labute approximate surface area is 138 Å². The molecule has 0 bridgehead atoms. The summed E-state index contributed by atoms with van der Waals surface area (Å²) < 4.78 is 4.76. The maximum Gasteiger partial charge on any atom is 0.341 e. The highest BCUT2D eigenvalue weighted by molar-refractivity contribution is 7.16. The molecule has 2 rings (SSSR count). The Hall–Kier alpha value is -2.15. The number of aliphatic carboxylic acids is 1.